The predicted octanol–water partition coefficient (Wildman–Crippen LogP) is 4.15. The summed E-state index contributed by atoms with van der Waals surface area (Å²) in [7, 11) is 0. The molecule has 0 aliphatic heterocycles. The molecule has 1 amide bonds. The van der Waals surface area contributed by atoms with Crippen LogP contribution in [0.3, 0.4) is 0 Å². The standard InChI is InChI=1S/C23H22N6O2/c1-16(2)29-15-25-28-22(29)20-9-4-10-21(26-20)27-23(30)18-7-3-8-19(12-18)31-14-17-6-5-11-24-13-17/h3-13,15-16H,14H2,1-2H3,(H,26,27,30). The molecule has 0 spiro atoms. The summed E-state index contributed by atoms with van der Waals surface area (Å²) < 4.78 is 7.71. The molecular weight excluding hydrogens is 392 g/mol. The number of carbonyl (C=O) groups excluding carboxylic acids is 1. The van der Waals surface area contributed by atoms with Crippen molar-refractivity contribution in [3.63, 3.8) is 0 Å². The third-order valence-corrected chi connectivity index (χ3v) is 4.57. The van der Waals surface area contributed by atoms with E-state index >= 15 is 0 Å². The van der Waals surface area contributed by atoms with Crippen LogP contribution in [0.15, 0.2) is 73.3 Å². The summed E-state index contributed by atoms with van der Waals surface area (Å²) in [5.41, 5.74) is 2.06. The molecule has 31 heavy (non-hydrogen) atoms. The van der Waals surface area contributed by atoms with Gasteiger partial charge in [-0.2, -0.15) is 0 Å². The highest BCUT2D eigenvalue weighted by atomic mass is 16.5. The van der Waals surface area contributed by atoms with Crippen LogP contribution in [0.25, 0.3) is 11.5 Å². The molecule has 156 valence electrons. The van der Waals surface area contributed by atoms with Gasteiger partial charge in [-0.1, -0.05) is 18.2 Å². The van der Waals surface area contributed by atoms with Crippen molar-refractivity contribution in [1.82, 2.24) is 24.7 Å². The van der Waals surface area contributed by atoms with Gasteiger partial charge in [-0.15, -0.1) is 10.2 Å². The summed E-state index contributed by atoms with van der Waals surface area (Å²) in [5.74, 6) is 1.41. The van der Waals surface area contributed by atoms with Crippen LogP contribution >= 0.6 is 0 Å². The molecule has 8 heteroatoms. The van der Waals surface area contributed by atoms with Gasteiger partial charge in [0.25, 0.3) is 5.91 Å². The number of nitrogens with zero attached hydrogens (tertiary/aromatic N) is 5. The van der Waals surface area contributed by atoms with Crippen LogP contribution in [0, 0.1) is 0 Å². The molecule has 4 rings (SSSR count). The number of benzene rings is 1. The van der Waals surface area contributed by atoms with Gasteiger partial charge in [0.05, 0.1) is 0 Å². The van der Waals surface area contributed by atoms with E-state index in [-0.39, 0.29) is 11.9 Å². The van der Waals surface area contributed by atoms with E-state index in [4.69, 9.17) is 4.74 Å². The zero-order chi connectivity index (χ0) is 21.6. The average Bonchev–Trinajstić information content (AvgIpc) is 3.29. The van der Waals surface area contributed by atoms with E-state index in [0.29, 0.717) is 35.3 Å². The molecule has 0 fully saturated rings. The van der Waals surface area contributed by atoms with E-state index in [1.165, 1.54) is 0 Å². The number of hydrogen-bond acceptors (Lipinski definition) is 6. The maximum Gasteiger partial charge on any atom is 0.256 e. The zero-order valence-corrected chi connectivity index (χ0v) is 17.3. The molecule has 1 aromatic carbocycles. The Balaban J connectivity index is 1.47. The first kappa shape index (κ1) is 20.2. The number of aromatic nitrogens is 5. The number of ether oxygens (including phenoxy) is 1. The van der Waals surface area contributed by atoms with Gasteiger partial charge in [0.2, 0.25) is 0 Å². The van der Waals surface area contributed by atoms with Crippen molar-refractivity contribution in [3.8, 4) is 17.3 Å². The lowest BCUT2D eigenvalue weighted by atomic mass is 10.2. The molecule has 8 nitrogen and oxygen atoms in total. The van der Waals surface area contributed by atoms with Crippen molar-refractivity contribution in [2.24, 2.45) is 0 Å². The van der Waals surface area contributed by atoms with Crippen LogP contribution in [-0.2, 0) is 6.61 Å². The Labute approximate surface area is 180 Å². The van der Waals surface area contributed by atoms with Crippen LogP contribution in [-0.4, -0.2) is 30.6 Å². The van der Waals surface area contributed by atoms with Crippen LogP contribution in [0.1, 0.15) is 35.8 Å². The van der Waals surface area contributed by atoms with Gasteiger partial charge < -0.3 is 14.6 Å². The molecule has 0 radical (unpaired) electrons. The molecule has 0 bridgehead atoms. The second-order valence-corrected chi connectivity index (χ2v) is 7.20. The van der Waals surface area contributed by atoms with Crippen LogP contribution in [0.4, 0.5) is 5.82 Å². The Morgan fingerprint density at radius 3 is 2.81 bits per heavy atom. The van der Waals surface area contributed by atoms with Gasteiger partial charge in [-0.05, 0) is 50.2 Å². The Kier molecular flexibility index (Phi) is 5.98. The van der Waals surface area contributed by atoms with E-state index in [2.05, 4.69) is 25.5 Å². The van der Waals surface area contributed by atoms with Crippen molar-refractivity contribution < 1.29 is 9.53 Å². The van der Waals surface area contributed by atoms with E-state index in [1.807, 2.05) is 48.7 Å². The lowest BCUT2D eigenvalue weighted by Crippen LogP contribution is -2.13. The van der Waals surface area contributed by atoms with Crippen molar-refractivity contribution in [3.05, 3.63) is 84.4 Å². The minimum Gasteiger partial charge on any atom is -0.489 e. The topological polar surface area (TPSA) is 94.8 Å². The van der Waals surface area contributed by atoms with E-state index in [1.54, 1.807) is 43.0 Å². The molecule has 0 saturated carbocycles. The molecule has 1 N–H and O–H groups in total. The maximum atomic E-state index is 12.8. The second kappa shape index (κ2) is 9.17. The Bertz CT molecular complexity index is 1170. The van der Waals surface area contributed by atoms with Gasteiger partial charge >= 0.3 is 0 Å². The highest BCUT2D eigenvalue weighted by Crippen LogP contribution is 2.21. The van der Waals surface area contributed by atoms with Gasteiger partial charge in [0.1, 0.15) is 30.2 Å². The number of rotatable bonds is 7. The fraction of sp³-hybridized carbons (Fsp3) is 0.174. The third-order valence-electron chi connectivity index (χ3n) is 4.57. The summed E-state index contributed by atoms with van der Waals surface area (Å²) in [6.45, 7) is 4.46. The summed E-state index contributed by atoms with van der Waals surface area (Å²) in [5, 5.41) is 11.0. The molecule has 3 aromatic heterocycles. The Hall–Kier alpha value is -4.07. The highest BCUT2D eigenvalue weighted by Gasteiger charge is 2.13. The van der Waals surface area contributed by atoms with Crippen molar-refractivity contribution >= 4 is 11.7 Å². The third kappa shape index (κ3) is 4.92. The van der Waals surface area contributed by atoms with Crippen molar-refractivity contribution in [1.29, 1.82) is 0 Å². The maximum absolute atomic E-state index is 12.8. The summed E-state index contributed by atoms with van der Waals surface area (Å²) in [6.07, 6.45) is 5.13. The molecule has 0 unspecified atom stereocenters. The van der Waals surface area contributed by atoms with E-state index in [9.17, 15) is 4.79 Å². The fourth-order valence-electron chi connectivity index (χ4n) is 3.00. The second-order valence-electron chi connectivity index (χ2n) is 7.20. The number of carbonyl (C=O) groups is 1. The van der Waals surface area contributed by atoms with Crippen molar-refractivity contribution in [2.45, 2.75) is 26.5 Å². The SMILES string of the molecule is CC(C)n1cnnc1-c1cccc(NC(=O)c2cccc(OCc3cccnc3)c2)n1. The summed E-state index contributed by atoms with van der Waals surface area (Å²) in [4.78, 5) is 21.4. The van der Waals surface area contributed by atoms with Gasteiger partial charge in [-0.3, -0.25) is 9.78 Å². The van der Waals surface area contributed by atoms with Crippen molar-refractivity contribution in [2.75, 3.05) is 5.32 Å². The molecule has 4 aromatic rings. The van der Waals surface area contributed by atoms with Crippen LogP contribution in [0.2, 0.25) is 0 Å². The quantitative estimate of drug-likeness (QED) is 0.488. The van der Waals surface area contributed by atoms with Crippen LogP contribution < -0.4 is 10.1 Å². The van der Waals surface area contributed by atoms with E-state index < -0.39 is 0 Å². The Morgan fingerprint density at radius 1 is 1.13 bits per heavy atom. The summed E-state index contributed by atoms with van der Waals surface area (Å²) in [6, 6.07) is 16.4. The monoisotopic (exact) mass is 414 g/mol. The first-order valence-corrected chi connectivity index (χ1v) is 9.90. The number of amides is 1. The zero-order valence-electron chi connectivity index (χ0n) is 17.3. The molecule has 0 atom stereocenters. The largest absolute Gasteiger partial charge is 0.489 e. The predicted molar refractivity (Wildman–Crippen MR) is 117 cm³/mol. The van der Waals surface area contributed by atoms with Gasteiger partial charge in [-0.25, -0.2) is 4.98 Å². The average molecular weight is 414 g/mol. The smallest absolute Gasteiger partial charge is 0.256 e. The number of hydrogen-bond donors (Lipinski definition) is 1. The molecule has 0 aliphatic carbocycles. The number of nitrogens with one attached hydrogen (secondary N) is 1. The molecule has 3 heterocycles. The fourth-order valence-corrected chi connectivity index (χ4v) is 3.00. The number of pyridine rings is 2. The molecule has 0 saturated heterocycles. The first-order chi connectivity index (χ1) is 15.1. The van der Waals surface area contributed by atoms with Gasteiger partial charge in [0.15, 0.2) is 5.82 Å². The lowest BCUT2D eigenvalue weighted by Gasteiger charge is -2.11. The highest BCUT2D eigenvalue weighted by molar-refractivity contribution is 6.04. The summed E-state index contributed by atoms with van der Waals surface area (Å²) >= 11 is 0. The minimum absolute atomic E-state index is 0.194. The normalized spacial score (nSPS) is 10.8. The molecule has 0 aliphatic rings. The van der Waals surface area contributed by atoms with Crippen LogP contribution in [0.5, 0.6) is 5.75 Å². The first-order valence-electron chi connectivity index (χ1n) is 9.90. The lowest BCUT2D eigenvalue weighted by molar-refractivity contribution is 0.102. The van der Waals surface area contributed by atoms with Gasteiger partial charge in [0, 0.05) is 29.6 Å². The Morgan fingerprint density at radius 2 is 2.00 bits per heavy atom. The van der Waals surface area contributed by atoms with E-state index in [0.717, 1.165) is 5.56 Å². The molecular formula is C23H22N6O2. The number of anilines is 1. The minimum atomic E-state index is -0.276.